The summed E-state index contributed by atoms with van der Waals surface area (Å²) in [5.74, 6) is 1.46. The van der Waals surface area contributed by atoms with Crippen molar-refractivity contribution in [1.29, 1.82) is 0 Å². The fourth-order valence-corrected chi connectivity index (χ4v) is 5.21. The Labute approximate surface area is 212 Å². The Bertz CT molecular complexity index is 557. The number of likely N-dealkylation sites (N-methyl/N-ethyl adjacent to an activating group) is 1. The summed E-state index contributed by atoms with van der Waals surface area (Å²) in [7, 11) is 0. The molecule has 0 aromatic carbocycles. The molecule has 1 amide bonds. The molecule has 1 aliphatic heterocycles. The summed E-state index contributed by atoms with van der Waals surface area (Å²) in [5, 5.41) is 2.97. The van der Waals surface area contributed by atoms with Gasteiger partial charge in [0.1, 0.15) is 13.1 Å². The normalized spacial score (nSPS) is 18.0. The first-order valence-electron chi connectivity index (χ1n) is 14.9. The van der Waals surface area contributed by atoms with E-state index in [0.717, 1.165) is 43.6 Å². The fraction of sp³-hybridized carbons (Fsp3) is 0.867. The number of carbonyl (C=O) groups is 1. The van der Waals surface area contributed by atoms with Gasteiger partial charge in [-0.25, -0.2) is 4.99 Å². The number of nitrogens with zero attached hydrogens (tertiary/aromatic N) is 2. The maximum absolute atomic E-state index is 11.2. The first-order valence-corrected chi connectivity index (χ1v) is 14.9. The Morgan fingerprint density at radius 3 is 1.88 bits per heavy atom. The summed E-state index contributed by atoms with van der Waals surface area (Å²) in [6.07, 6.45) is 29.3. The summed E-state index contributed by atoms with van der Waals surface area (Å²) in [6.45, 7) is 11.1. The molecule has 0 radical (unpaired) electrons. The number of unbranched alkanes of at least 4 members (excludes halogenated alkanes) is 15. The molecular formula is C30H58N3O+. The lowest BCUT2D eigenvalue weighted by Gasteiger charge is -2.33. The minimum absolute atomic E-state index is 0.0721. The average molecular weight is 477 g/mol. The molecule has 1 rings (SSSR count). The van der Waals surface area contributed by atoms with Crippen molar-refractivity contribution in [3.8, 4) is 0 Å². The molecule has 0 fully saturated rings. The Balaban J connectivity index is 1.91. The number of amidine groups is 1. The van der Waals surface area contributed by atoms with Crippen molar-refractivity contribution in [2.24, 2.45) is 4.99 Å². The van der Waals surface area contributed by atoms with Gasteiger partial charge in [-0.15, -0.1) is 0 Å². The van der Waals surface area contributed by atoms with E-state index in [1.165, 1.54) is 115 Å². The number of amides is 1. The van der Waals surface area contributed by atoms with Crippen LogP contribution in [0.25, 0.3) is 0 Å². The third kappa shape index (κ3) is 15.0. The van der Waals surface area contributed by atoms with E-state index in [9.17, 15) is 4.79 Å². The van der Waals surface area contributed by atoms with Crippen LogP contribution in [0, 0.1) is 0 Å². The summed E-state index contributed by atoms with van der Waals surface area (Å²) in [6, 6.07) is 0. The highest BCUT2D eigenvalue weighted by atomic mass is 16.1. The van der Waals surface area contributed by atoms with Crippen LogP contribution in [0.2, 0.25) is 0 Å². The zero-order valence-corrected chi connectivity index (χ0v) is 23.2. The Hall–Kier alpha value is -1.16. The van der Waals surface area contributed by atoms with Gasteiger partial charge in [0.15, 0.2) is 5.84 Å². The van der Waals surface area contributed by atoms with E-state index < -0.39 is 0 Å². The van der Waals surface area contributed by atoms with E-state index in [0.29, 0.717) is 0 Å². The number of hydrogen-bond acceptors (Lipinski definition) is 2. The van der Waals surface area contributed by atoms with Gasteiger partial charge in [0.05, 0.1) is 19.6 Å². The first-order chi connectivity index (χ1) is 16.6. The minimum atomic E-state index is 0.0721. The third-order valence-electron chi connectivity index (χ3n) is 7.55. The summed E-state index contributed by atoms with van der Waals surface area (Å²) < 4.78 is 0.995. The number of hydrogen-bond donors (Lipinski definition) is 1. The Morgan fingerprint density at radius 1 is 0.824 bits per heavy atom. The van der Waals surface area contributed by atoms with Crippen molar-refractivity contribution in [3.63, 3.8) is 0 Å². The molecule has 0 bridgehead atoms. The number of nitrogens with one attached hydrogen (secondary N) is 1. The number of allylic oxidation sites excluding steroid dienone is 2. The molecular weight excluding hydrogens is 418 g/mol. The first kappa shape index (κ1) is 30.9. The molecule has 0 saturated carbocycles. The second-order valence-corrected chi connectivity index (χ2v) is 10.4. The number of carbonyl (C=O) groups excluding carboxylic acids is 1. The summed E-state index contributed by atoms with van der Waals surface area (Å²) in [5.41, 5.74) is 0. The predicted molar refractivity (Wildman–Crippen MR) is 149 cm³/mol. The average Bonchev–Trinajstić information content (AvgIpc) is 3.23. The predicted octanol–water partition coefficient (Wildman–Crippen LogP) is 7.97. The lowest BCUT2D eigenvalue weighted by molar-refractivity contribution is -0.833. The zero-order chi connectivity index (χ0) is 24.7. The highest BCUT2D eigenvalue weighted by Gasteiger charge is 2.35. The van der Waals surface area contributed by atoms with Crippen LogP contribution >= 0.6 is 0 Å². The van der Waals surface area contributed by atoms with Gasteiger partial charge in [-0.3, -0.25) is 9.28 Å². The number of aliphatic imine (C=N–C) groups is 1. The molecule has 4 nitrogen and oxygen atoms in total. The van der Waals surface area contributed by atoms with E-state index in [2.05, 4.69) is 31.3 Å². The molecule has 0 spiro atoms. The highest BCUT2D eigenvalue weighted by molar-refractivity contribution is 5.77. The van der Waals surface area contributed by atoms with E-state index >= 15 is 0 Å². The SMILES string of the molecule is CCCCCCC/C=C/CCCCCCCCCCCCC1=NCC[N+]1(CC)CCNC(C)=O. The molecule has 1 heterocycles. The van der Waals surface area contributed by atoms with E-state index in [1.54, 1.807) is 6.92 Å². The molecule has 1 atom stereocenters. The monoisotopic (exact) mass is 476 g/mol. The third-order valence-corrected chi connectivity index (χ3v) is 7.55. The lowest BCUT2D eigenvalue weighted by Crippen LogP contribution is -2.54. The molecule has 34 heavy (non-hydrogen) atoms. The Kier molecular flexibility index (Phi) is 19.2. The van der Waals surface area contributed by atoms with Crippen molar-refractivity contribution < 1.29 is 9.28 Å². The molecule has 198 valence electrons. The van der Waals surface area contributed by atoms with Crippen LogP contribution in [0.15, 0.2) is 17.1 Å². The van der Waals surface area contributed by atoms with Crippen LogP contribution in [0.1, 0.15) is 136 Å². The number of quaternary nitrogens is 1. The van der Waals surface area contributed by atoms with Gasteiger partial charge < -0.3 is 5.32 Å². The van der Waals surface area contributed by atoms with Crippen LogP contribution in [0.4, 0.5) is 0 Å². The summed E-state index contributed by atoms with van der Waals surface area (Å²) >= 11 is 0. The van der Waals surface area contributed by atoms with Crippen molar-refractivity contribution in [3.05, 3.63) is 12.2 Å². The molecule has 1 aliphatic rings. The van der Waals surface area contributed by atoms with Gasteiger partial charge in [-0.2, -0.15) is 0 Å². The molecule has 4 heteroatoms. The van der Waals surface area contributed by atoms with Crippen LogP contribution in [0.5, 0.6) is 0 Å². The fourth-order valence-electron chi connectivity index (χ4n) is 5.21. The lowest BCUT2D eigenvalue weighted by atomic mass is 10.0. The zero-order valence-electron chi connectivity index (χ0n) is 23.2. The van der Waals surface area contributed by atoms with E-state index in [4.69, 9.17) is 4.99 Å². The maximum Gasteiger partial charge on any atom is 0.217 e. The van der Waals surface area contributed by atoms with Crippen LogP contribution in [-0.4, -0.2) is 48.9 Å². The molecule has 0 aromatic rings. The van der Waals surface area contributed by atoms with Crippen molar-refractivity contribution >= 4 is 11.7 Å². The quantitative estimate of drug-likeness (QED) is 0.0906. The van der Waals surface area contributed by atoms with Crippen molar-refractivity contribution in [1.82, 2.24) is 5.32 Å². The second-order valence-electron chi connectivity index (χ2n) is 10.4. The van der Waals surface area contributed by atoms with Crippen LogP contribution < -0.4 is 5.32 Å². The van der Waals surface area contributed by atoms with Gasteiger partial charge >= 0.3 is 0 Å². The van der Waals surface area contributed by atoms with Gasteiger partial charge in [0, 0.05) is 13.3 Å². The van der Waals surface area contributed by atoms with E-state index in [1.807, 2.05) is 0 Å². The molecule has 0 saturated heterocycles. The molecule has 1 unspecified atom stereocenters. The molecule has 0 aliphatic carbocycles. The molecule has 1 N–H and O–H groups in total. The topological polar surface area (TPSA) is 41.5 Å². The van der Waals surface area contributed by atoms with Crippen LogP contribution in [-0.2, 0) is 4.79 Å². The van der Waals surface area contributed by atoms with Gasteiger partial charge in [-0.1, -0.05) is 96.1 Å². The van der Waals surface area contributed by atoms with Crippen LogP contribution in [0.3, 0.4) is 0 Å². The standard InChI is InChI=1S/C30H57N3O/c1-4-6-7-8-9-10-11-12-13-14-15-16-17-18-19-20-21-22-23-24-30-32-26-28-33(30,5-2)27-25-31-29(3)34/h11-12H,4-10,13-28H2,1-3H3/p+1/b12-11+. The highest BCUT2D eigenvalue weighted by Crippen LogP contribution is 2.20. The maximum atomic E-state index is 11.2. The second kappa shape index (κ2) is 21.1. The summed E-state index contributed by atoms with van der Waals surface area (Å²) in [4.78, 5) is 16.0. The largest absolute Gasteiger partial charge is 0.351 e. The minimum Gasteiger partial charge on any atom is -0.351 e. The molecule has 0 aromatic heterocycles. The van der Waals surface area contributed by atoms with Gasteiger partial charge in [0.2, 0.25) is 5.91 Å². The van der Waals surface area contributed by atoms with E-state index in [-0.39, 0.29) is 5.91 Å². The van der Waals surface area contributed by atoms with Crippen molar-refractivity contribution in [2.75, 3.05) is 32.7 Å². The Morgan fingerprint density at radius 2 is 1.35 bits per heavy atom. The van der Waals surface area contributed by atoms with Gasteiger partial charge in [-0.05, 0) is 39.0 Å². The number of rotatable bonds is 23. The van der Waals surface area contributed by atoms with Gasteiger partial charge in [0.25, 0.3) is 0 Å². The van der Waals surface area contributed by atoms with Crippen molar-refractivity contribution in [2.45, 2.75) is 136 Å². The smallest absolute Gasteiger partial charge is 0.217 e.